The topological polar surface area (TPSA) is 68.0 Å². The predicted octanol–water partition coefficient (Wildman–Crippen LogP) is 2.20. The van der Waals surface area contributed by atoms with Crippen LogP contribution in [0.4, 0.5) is 0 Å². The van der Waals surface area contributed by atoms with Crippen LogP contribution in [0.5, 0.6) is 0 Å². The molecule has 3 heterocycles. The van der Waals surface area contributed by atoms with Crippen molar-refractivity contribution >= 4 is 17.7 Å². The maximum Gasteiger partial charge on any atom is 0.314 e. The summed E-state index contributed by atoms with van der Waals surface area (Å²) in [5, 5.41) is 14.1. The summed E-state index contributed by atoms with van der Waals surface area (Å²) in [5.74, 6) is 1.44. The van der Waals surface area contributed by atoms with Crippen LogP contribution in [0.2, 0.25) is 0 Å². The molecule has 1 saturated heterocycles. The fourth-order valence-electron chi connectivity index (χ4n) is 2.68. The van der Waals surface area contributed by atoms with Crippen LogP contribution in [0.25, 0.3) is 0 Å². The first-order valence-electron chi connectivity index (χ1n) is 6.55. The van der Waals surface area contributed by atoms with E-state index in [2.05, 4.69) is 10.1 Å². The molecule has 0 aliphatic carbocycles. The Bertz CT molecular complexity index is 454. The molecule has 18 heavy (non-hydrogen) atoms. The molecule has 1 aromatic rings. The van der Waals surface area contributed by atoms with Crippen molar-refractivity contribution in [3.05, 3.63) is 11.6 Å². The number of hydrogen-bond acceptors (Lipinski definition) is 4. The van der Waals surface area contributed by atoms with E-state index in [-0.39, 0.29) is 0 Å². The number of carboxylic acids is 1. The highest BCUT2D eigenvalue weighted by atomic mass is 32.2. The molecule has 1 fully saturated rings. The minimum Gasteiger partial charge on any atom is -0.481 e. The summed E-state index contributed by atoms with van der Waals surface area (Å²) >= 11 is 1.90. The monoisotopic (exact) mass is 267 g/mol. The Kier molecular flexibility index (Phi) is 3.28. The molecule has 98 valence electrons. The lowest BCUT2D eigenvalue weighted by Gasteiger charge is -2.17. The van der Waals surface area contributed by atoms with Gasteiger partial charge in [-0.15, -0.1) is 0 Å². The third-order valence-electron chi connectivity index (χ3n) is 3.66. The van der Waals surface area contributed by atoms with Crippen molar-refractivity contribution < 1.29 is 9.90 Å². The number of hydrogen-bond donors (Lipinski definition) is 1. The first kappa shape index (κ1) is 12.0. The Labute approximate surface area is 110 Å². The van der Waals surface area contributed by atoms with Gasteiger partial charge in [0.15, 0.2) is 5.82 Å². The minimum atomic E-state index is -0.772. The maximum absolute atomic E-state index is 11.2. The lowest BCUT2D eigenvalue weighted by molar-refractivity contribution is -0.139. The van der Waals surface area contributed by atoms with Crippen molar-refractivity contribution in [2.24, 2.45) is 0 Å². The van der Waals surface area contributed by atoms with E-state index in [1.807, 2.05) is 16.4 Å². The second-order valence-electron chi connectivity index (χ2n) is 4.94. The summed E-state index contributed by atoms with van der Waals surface area (Å²) in [4.78, 5) is 15.7. The molecule has 0 amide bonds. The molecular formula is C12H17N3O2S. The lowest BCUT2D eigenvalue weighted by Crippen LogP contribution is -2.22. The third kappa shape index (κ3) is 2.13. The molecule has 2 unspecified atom stereocenters. The summed E-state index contributed by atoms with van der Waals surface area (Å²) in [6.07, 6.45) is 5.18. The molecule has 6 heteroatoms. The van der Waals surface area contributed by atoms with E-state index in [0.717, 1.165) is 31.0 Å². The molecule has 1 N–H and O–H groups in total. The molecule has 2 atom stereocenters. The maximum atomic E-state index is 11.2. The van der Waals surface area contributed by atoms with Crippen molar-refractivity contribution in [2.75, 3.05) is 5.75 Å². The highest BCUT2D eigenvalue weighted by Gasteiger charge is 2.31. The lowest BCUT2D eigenvalue weighted by atomic mass is 10.00. The smallest absolute Gasteiger partial charge is 0.314 e. The first-order chi connectivity index (χ1) is 8.75. The Morgan fingerprint density at radius 3 is 2.94 bits per heavy atom. The van der Waals surface area contributed by atoms with E-state index in [4.69, 9.17) is 0 Å². The van der Waals surface area contributed by atoms with Gasteiger partial charge in [0, 0.05) is 6.54 Å². The summed E-state index contributed by atoms with van der Waals surface area (Å²) in [6.45, 7) is 0.809. The van der Waals surface area contributed by atoms with E-state index in [9.17, 15) is 9.90 Å². The fraction of sp³-hybridized carbons (Fsp3) is 0.750. The van der Waals surface area contributed by atoms with E-state index in [1.54, 1.807) is 0 Å². The number of carbonyl (C=O) groups is 1. The Morgan fingerprint density at radius 2 is 2.22 bits per heavy atom. The van der Waals surface area contributed by atoms with Gasteiger partial charge in [0.2, 0.25) is 0 Å². The number of thioether (sulfide) groups is 1. The van der Waals surface area contributed by atoms with Gasteiger partial charge >= 0.3 is 5.97 Å². The van der Waals surface area contributed by atoms with Crippen LogP contribution in [-0.2, 0) is 11.3 Å². The standard InChI is InChI=1S/C12H17N3O2S/c16-12(17)8-4-3-6-15-11(8)13-10(14-15)9-5-1-2-7-18-9/h8-9H,1-7H2,(H,16,17). The Morgan fingerprint density at radius 1 is 1.33 bits per heavy atom. The van der Waals surface area contributed by atoms with Crippen LogP contribution in [0.1, 0.15) is 54.9 Å². The second-order valence-corrected chi connectivity index (χ2v) is 6.25. The highest BCUT2D eigenvalue weighted by Crippen LogP contribution is 2.38. The molecule has 2 aliphatic heterocycles. The SMILES string of the molecule is O=C(O)C1CCCn2nc(C3CCCCS3)nc21. The van der Waals surface area contributed by atoms with Gasteiger partial charge in [0.05, 0.1) is 5.25 Å². The van der Waals surface area contributed by atoms with Crippen molar-refractivity contribution in [1.29, 1.82) is 0 Å². The van der Waals surface area contributed by atoms with Crippen LogP contribution < -0.4 is 0 Å². The summed E-state index contributed by atoms with van der Waals surface area (Å²) in [6, 6.07) is 0. The van der Waals surface area contributed by atoms with Gasteiger partial charge in [-0.25, -0.2) is 9.67 Å². The van der Waals surface area contributed by atoms with E-state index in [1.165, 1.54) is 12.8 Å². The van der Waals surface area contributed by atoms with Gasteiger partial charge in [-0.1, -0.05) is 6.42 Å². The quantitative estimate of drug-likeness (QED) is 0.889. The van der Waals surface area contributed by atoms with Crippen molar-refractivity contribution in [3.8, 4) is 0 Å². The number of nitrogens with zero attached hydrogens (tertiary/aromatic N) is 3. The van der Waals surface area contributed by atoms with Gasteiger partial charge in [0.1, 0.15) is 11.7 Å². The molecular weight excluding hydrogens is 250 g/mol. The highest BCUT2D eigenvalue weighted by molar-refractivity contribution is 7.99. The van der Waals surface area contributed by atoms with Crippen LogP contribution in [-0.4, -0.2) is 31.6 Å². The van der Waals surface area contributed by atoms with Gasteiger partial charge in [-0.2, -0.15) is 16.9 Å². The van der Waals surface area contributed by atoms with E-state index >= 15 is 0 Å². The zero-order chi connectivity index (χ0) is 12.5. The number of fused-ring (bicyclic) bond motifs is 1. The molecule has 1 aromatic heterocycles. The summed E-state index contributed by atoms with van der Waals surface area (Å²) < 4.78 is 1.81. The zero-order valence-electron chi connectivity index (χ0n) is 10.2. The Balaban J connectivity index is 1.88. The summed E-state index contributed by atoms with van der Waals surface area (Å²) in [7, 11) is 0. The van der Waals surface area contributed by atoms with Crippen molar-refractivity contribution in [3.63, 3.8) is 0 Å². The van der Waals surface area contributed by atoms with Gasteiger partial charge in [-0.05, 0) is 31.4 Å². The fourth-order valence-corrected chi connectivity index (χ4v) is 3.92. The van der Waals surface area contributed by atoms with E-state index < -0.39 is 11.9 Å². The van der Waals surface area contributed by atoms with Crippen LogP contribution in [0.15, 0.2) is 0 Å². The molecule has 3 rings (SSSR count). The van der Waals surface area contributed by atoms with Crippen molar-refractivity contribution in [1.82, 2.24) is 14.8 Å². The largest absolute Gasteiger partial charge is 0.481 e. The van der Waals surface area contributed by atoms with E-state index in [0.29, 0.717) is 17.5 Å². The van der Waals surface area contributed by atoms with Crippen LogP contribution >= 0.6 is 11.8 Å². The van der Waals surface area contributed by atoms with Gasteiger partial charge < -0.3 is 5.11 Å². The summed E-state index contributed by atoms with van der Waals surface area (Å²) in [5.41, 5.74) is 0. The molecule has 0 bridgehead atoms. The predicted molar refractivity (Wildman–Crippen MR) is 68.7 cm³/mol. The van der Waals surface area contributed by atoms with Crippen LogP contribution in [0.3, 0.4) is 0 Å². The van der Waals surface area contributed by atoms with Crippen LogP contribution in [0, 0.1) is 0 Å². The van der Waals surface area contributed by atoms with Crippen molar-refractivity contribution in [2.45, 2.75) is 49.8 Å². The molecule has 0 radical (unpaired) electrons. The number of aryl methyl sites for hydroxylation is 1. The first-order valence-corrected chi connectivity index (χ1v) is 7.59. The third-order valence-corrected chi connectivity index (χ3v) is 5.03. The number of carboxylic acid groups (broad SMARTS) is 1. The number of aliphatic carboxylic acids is 1. The minimum absolute atomic E-state index is 0.367. The van der Waals surface area contributed by atoms with Gasteiger partial charge in [0.25, 0.3) is 0 Å². The number of aromatic nitrogens is 3. The molecule has 0 spiro atoms. The molecule has 5 nitrogen and oxygen atoms in total. The number of rotatable bonds is 2. The molecule has 0 aromatic carbocycles. The molecule has 0 saturated carbocycles. The average Bonchev–Trinajstić information content (AvgIpc) is 2.83. The molecule has 2 aliphatic rings. The Hall–Kier alpha value is -1.04. The second kappa shape index (κ2) is 4.91. The normalized spacial score (nSPS) is 27.8. The average molecular weight is 267 g/mol. The zero-order valence-corrected chi connectivity index (χ0v) is 11.0. The van der Waals surface area contributed by atoms with Gasteiger partial charge in [-0.3, -0.25) is 4.79 Å².